The quantitative estimate of drug-likeness (QED) is 0.166. The van der Waals surface area contributed by atoms with Crippen molar-refractivity contribution < 1.29 is 24.8 Å². The van der Waals surface area contributed by atoms with Gasteiger partial charge in [-0.3, -0.25) is 0 Å². The lowest BCUT2D eigenvalue weighted by Gasteiger charge is -2.20. The summed E-state index contributed by atoms with van der Waals surface area (Å²) in [6.07, 6.45) is 22.8. The van der Waals surface area contributed by atoms with Gasteiger partial charge in [-0.2, -0.15) is 0 Å². The van der Waals surface area contributed by atoms with Gasteiger partial charge in [0.05, 0.1) is 19.8 Å². The summed E-state index contributed by atoms with van der Waals surface area (Å²) in [4.78, 5) is 0. The minimum absolute atomic E-state index is 0.246. The molecule has 184 valence electrons. The van der Waals surface area contributed by atoms with Crippen LogP contribution in [0.15, 0.2) is 12.2 Å². The summed E-state index contributed by atoms with van der Waals surface area (Å²) in [5, 5.41) is 28.6. The molecule has 0 radical (unpaired) electrons. The van der Waals surface area contributed by atoms with E-state index in [1.807, 2.05) is 6.08 Å². The number of aliphatic hydroxyl groups excluding tert-OH is 3. The molecule has 0 bridgehead atoms. The van der Waals surface area contributed by atoms with Crippen molar-refractivity contribution >= 4 is 0 Å². The van der Waals surface area contributed by atoms with Gasteiger partial charge >= 0.3 is 0 Å². The number of hydrogen-bond donors (Lipinski definition) is 3. The van der Waals surface area contributed by atoms with Crippen LogP contribution in [0.1, 0.15) is 110 Å². The molecule has 0 spiro atoms. The highest BCUT2D eigenvalue weighted by Gasteiger charge is 2.40. The van der Waals surface area contributed by atoms with E-state index in [0.717, 1.165) is 6.42 Å². The highest BCUT2D eigenvalue weighted by Crippen LogP contribution is 2.20. The molecule has 0 saturated carbocycles. The summed E-state index contributed by atoms with van der Waals surface area (Å²) in [6.45, 7) is 2.54. The summed E-state index contributed by atoms with van der Waals surface area (Å²) in [5.74, 6) is 0. The number of unbranched alkanes of at least 4 members (excludes halogenated alkanes) is 15. The van der Waals surface area contributed by atoms with Gasteiger partial charge in [-0.15, -0.1) is 0 Å². The molecule has 5 nitrogen and oxygen atoms in total. The van der Waals surface area contributed by atoms with Gasteiger partial charge in [0.1, 0.15) is 24.4 Å². The molecule has 1 fully saturated rings. The molecule has 1 aliphatic heterocycles. The molecular formula is C26H50O5. The number of hydrogen-bond acceptors (Lipinski definition) is 5. The maximum Gasteiger partial charge on any atom is 0.114 e. The van der Waals surface area contributed by atoms with E-state index in [1.165, 1.54) is 96.3 Å². The smallest absolute Gasteiger partial charge is 0.114 e. The fourth-order valence-electron chi connectivity index (χ4n) is 4.20. The van der Waals surface area contributed by atoms with Gasteiger partial charge < -0.3 is 24.8 Å². The van der Waals surface area contributed by atoms with Crippen LogP contribution in [0.4, 0.5) is 0 Å². The van der Waals surface area contributed by atoms with Gasteiger partial charge in [-0.1, -0.05) is 109 Å². The molecule has 1 rings (SSSR count). The van der Waals surface area contributed by atoms with E-state index in [-0.39, 0.29) is 6.61 Å². The Morgan fingerprint density at radius 2 is 1.35 bits per heavy atom. The molecular weight excluding hydrogens is 392 g/mol. The monoisotopic (exact) mass is 442 g/mol. The average molecular weight is 443 g/mol. The van der Waals surface area contributed by atoms with Crippen LogP contribution >= 0.6 is 0 Å². The van der Waals surface area contributed by atoms with Crippen LogP contribution in [-0.4, -0.2) is 59.6 Å². The van der Waals surface area contributed by atoms with E-state index >= 15 is 0 Å². The Balaban J connectivity index is 1.81. The minimum Gasteiger partial charge on any atom is -0.394 e. The summed E-state index contributed by atoms with van der Waals surface area (Å²) in [5.41, 5.74) is 0. The second-order valence-electron chi connectivity index (χ2n) is 9.12. The van der Waals surface area contributed by atoms with Gasteiger partial charge in [0.25, 0.3) is 0 Å². The predicted octanol–water partition coefficient (Wildman–Crippen LogP) is 5.30. The van der Waals surface area contributed by atoms with E-state index in [1.54, 1.807) is 0 Å². The molecule has 1 heterocycles. The molecule has 31 heavy (non-hydrogen) atoms. The molecule has 0 aromatic rings. The lowest BCUT2D eigenvalue weighted by Crippen LogP contribution is -2.41. The van der Waals surface area contributed by atoms with Crippen molar-refractivity contribution in [2.24, 2.45) is 0 Å². The normalized spacial score (nSPS) is 22.5. The van der Waals surface area contributed by atoms with Crippen molar-refractivity contribution in [1.29, 1.82) is 0 Å². The van der Waals surface area contributed by atoms with Gasteiger partial charge in [0.2, 0.25) is 0 Å². The first-order valence-corrected chi connectivity index (χ1v) is 13.1. The van der Waals surface area contributed by atoms with Crippen molar-refractivity contribution in [3.05, 3.63) is 12.2 Å². The van der Waals surface area contributed by atoms with Gasteiger partial charge in [0.15, 0.2) is 0 Å². The molecule has 0 amide bonds. The highest BCUT2D eigenvalue weighted by molar-refractivity contribution is 4.90. The van der Waals surface area contributed by atoms with Gasteiger partial charge in [-0.25, -0.2) is 0 Å². The zero-order valence-corrected chi connectivity index (χ0v) is 20.1. The maximum absolute atomic E-state index is 10.1. The van der Waals surface area contributed by atoms with Gasteiger partial charge in [-0.05, 0) is 12.8 Å². The van der Waals surface area contributed by atoms with E-state index in [2.05, 4.69) is 13.0 Å². The SMILES string of the molecule is CCCCCCCCCCCCCCCCC/C=C/CO[C@@H]1CO[C@H]([C@@H](O)CO)[C@@H]1O. The van der Waals surface area contributed by atoms with Crippen LogP contribution < -0.4 is 0 Å². The lowest BCUT2D eigenvalue weighted by atomic mass is 10.0. The Kier molecular flexibility index (Phi) is 18.6. The zero-order valence-electron chi connectivity index (χ0n) is 20.1. The van der Waals surface area contributed by atoms with Crippen LogP contribution in [0.2, 0.25) is 0 Å². The number of ether oxygens (including phenoxy) is 2. The maximum atomic E-state index is 10.1. The third-order valence-electron chi connectivity index (χ3n) is 6.28. The van der Waals surface area contributed by atoms with E-state index in [0.29, 0.717) is 6.61 Å². The second kappa shape index (κ2) is 20.2. The van der Waals surface area contributed by atoms with E-state index < -0.39 is 31.0 Å². The Morgan fingerprint density at radius 3 is 1.87 bits per heavy atom. The van der Waals surface area contributed by atoms with Crippen LogP contribution in [0.3, 0.4) is 0 Å². The fourth-order valence-corrected chi connectivity index (χ4v) is 4.20. The van der Waals surface area contributed by atoms with Crippen molar-refractivity contribution in [2.45, 2.75) is 134 Å². The van der Waals surface area contributed by atoms with Gasteiger partial charge in [0, 0.05) is 0 Å². The van der Waals surface area contributed by atoms with Crippen LogP contribution in [-0.2, 0) is 9.47 Å². The molecule has 0 aliphatic carbocycles. The summed E-state index contributed by atoms with van der Waals surface area (Å²) in [6, 6.07) is 0. The molecule has 1 aliphatic rings. The van der Waals surface area contributed by atoms with E-state index in [4.69, 9.17) is 14.6 Å². The lowest BCUT2D eigenvalue weighted by molar-refractivity contribution is -0.0716. The molecule has 0 aromatic heterocycles. The molecule has 1 saturated heterocycles. The fraction of sp³-hybridized carbons (Fsp3) is 0.923. The van der Waals surface area contributed by atoms with Crippen LogP contribution in [0.5, 0.6) is 0 Å². The number of allylic oxidation sites excluding steroid dienone is 1. The second-order valence-corrected chi connectivity index (χ2v) is 9.12. The largest absolute Gasteiger partial charge is 0.394 e. The average Bonchev–Trinajstić information content (AvgIpc) is 3.15. The summed E-state index contributed by atoms with van der Waals surface area (Å²) < 4.78 is 10.9. The summed E-state index contributed by atoms with van der Waals surface area (Å²) >= 11 is 0. The predicted molar refractivity (Wildman–Crippen MR) is 127 cm³/mol. The van der Waals surface area contributed by atoms with E-state index in [9.17, 15) is 10.2 Å². The third-order valence-corrected chi connectivity index (χ3v) is 6.28. The topological polar surface area (TPSA) is 79.2 Å². The standard InChI is InChI=1S/C26H50O5/c1-2-3-4-5-6-7-8-9-10-11-12-13-14-15-16-17-18-19-20-30-24-22-31-26(25(24)29)23(28)21-27/h18-19,23-29H,2-17,20-22H2,1H3/b19-18+/t23-,24+,25+,26+/m0/s1. The third kappa shape index (κ3) is 14.3. The minimum atomic E-state index is -1.07. The molecule has 0 unspecified atom stereocenters. The van der Waals surface area contributed by atoms with Crippen LogP contribution in [0.25, 0.3) is 0 Å². The Morgan fingerprint density at radius 1 is 0.839 bits per heavy atom. The summed E-state index contributed by atoms with van der Waals surface area (Å²) in [7, 11) is 0. The Hall–Kier alpha value is -0.460. The molecule has 3 N–H and O–H groups in total. The Bertz CT molecular complexity index is 415. The first-order valence-electron chi connectivity index (χ1n) is 13.1. The zero-order chi connectivity index (χ0) is 22.6. The first kappa shape index (κ1) is 28.6. The van der Waals surface area contributed by atoms with Crippen molar-refractivity contribution in [1.82, 2.24) is 0 Å². The molecule has 0 aromatic carbocycles. The van der Waals surface area contributed by atoms with Crippen molar-refractivity contribution in [2.75, 3.05) is 19.8 Å². The first-order chi connectivity index (χ1) is 15.2. The highest BCUT2D eigenvalue weighted by atomic mass is 16.6. The number of rotatable bonds is 21. The number of aliphatic hydroxyl groups is 3. The molecule has 5 heteroatoms. The Labute approximate surface area is 191 Å². The van der Waals surface area contributed by atoms with Crippen LogP contribution in [0, 0.1) is 0 Å². The van der Waals surface area contributed by atoms with Crippen molar-refractivity contribution in [3.63, 3.8) is 0 Å². The molecule has 4 atom stereocenters. The van der Waals surface area contributed by atoms with Crippen molar-refractivity contribution in [3.8, 4) is 0 Å².